The summed E-state index contributed by atoms with van der Waals surface area (Å²) in [6, 6.07) is 13.9. The van der Waals surface area contributed by atoms with E-state index in [0.29, 0.717) is 13.1 Å². The lowest BCUT2D eigenvalue weighted by Gasteiger charge is -2.35. The molecule has 6 heteroatoms. The fraction of sp³-hybridized carbons (Fsp3) is 0.348. The molecule has 2 aromatic carbocycles. The molecule has 2 heterocycles. The Balaban J connectivity index is 1.36. The minimum atomic E-state index is 0.0186. The average molecular weight is 390 g/mol. The van der Waals surface area contributed by atoms with Crippen LogP contribution in [0.2, 0.25) is 0 Å². The maximum atomic E-state index is 12.6. The van der Waals surface area contributed by atoms with E-state index in [1.807, 2.05) is 62.1 Å². The van der Waals surface area contributed by atoms with Crippen molar-refractivity contribution in [3.8, 4) is 5.75 Å². The van der Waals surface area contributed by atoms with Gasteiger partial charge in [-0.05, 0) is 56.2 Å². The number of fused-ring (bicyclic) bond motifs is 1. The predicted molar refractivity (Wildman–Crippen MR) is 114 cm³/mol. The first kappa shape index (κ1) is 19.2. The second-order valence-electron chi connectivity index (χ2n) is 7.60. The fourth-order valence-corrected chi connectivity index (χ4v) is 3.80. The number of rotatable bonds is 4. The Labute approximate surface area is 171 Å². The minimum Gasteiger partial charge on any atom is -0.484 e. The molecule has 0 bridgehead atoms. The maximum absolute atomic E-state index is 12.6. The van der Waals surface area contributed by atoms with E-state index in [-0.39, 0.29) is 12.5 Å². The van der Waals surface area contributed by atoms with Crippen LogP contribution in [0.3, 0.4) is 0 Å². The Bertz CT molecular complexity index is 1020. The van der Waals surface area contributed by atoms with Gasteiger partial charge in [0.15, 0.2) is 12.4 Å². The number of carbonyl (C=O) groups is 1. The Hall–Kier alpha value is -3.15. The van der Waals surface area contributed by atoms with Crippen molar-refractivity contribution in [2.24, 2.45) is 0 Å². The number of aromatic nitrogens is 2. The van der Waals surface area contributed by atoms with Crippen LogP contribution in [0, 0.1) is 20.8 Å². The van der Waals surface area contributed by atoms with Crippen LogP contribution < -0.4 is 9.64 Å². The van der Waals surface area contributed by atoms with Gasteiger partial charge in [-0.2, -0.15) is 0 Å². The van der Waals surface area contributed by atoms with Crippen molar-refractivity contribution in [1.29, 1.82) is 0 Å². The van der Waals surface area contributed by atoms with E-state index < -0.39 is 0 Å². The maximum Gasteiger partial charge on any atom is 0.260 e. The number of piperazine rings is 1. The summed E-state index contributed by atoms with van der Waals surface area (Å²) in [4.78, 5) is 26.1. The minimum absolute atomic E-state index is 0.0186. The van der Waals surface area contributed by atoms with Crippen molar-refractivity contribution in [1.82, 2.24) is 14.9 Å². The Kier molecular flexibility index (Phi) is 5.34. The van der Waals surface area contributed by atoms with Crippen LogP contribution in [0.5, 0.6) is 5.75 Å². The zero-order chi connectivity index (χ0) is 20.4. The van der Waals surface area contributed by atoms with E-state index in [1.165, 1.54) is 0 Å². The monoisotopic (exact) mass is 390 g/mol. The van der Waals surface area contributed by atoms with Gasteiger partial charge in [-0.25, -0.2) is 9.97 Å². The highest BCUT2D eigenvalue weighted by atomic mass is 16.5. The van der Waals surface area contributed by atoms with Gasteiger partial charge in [-0.1, -0.05) is 18.2 Å². The summed E-state index contributed by atoms with van der Waals surface area (Å²) >= 11 is 0. The number of anilines is 1. The molecule has 1 aromatic heterocycles. The normalized spacial score (nSPS) is 14.3. The van der Waals surface area contributed by atoms with Crippen LogP contribution in [0.25, 0.3) is 11.0 Å². The summed E-state index contributed by atoms with van der Waals surface area (Å²) < 4.78 is 5.73. The topological polar surface area (TPSA) is 58.6 Å². The summed E-state index contributed by atoms with van der Waals surface area (Å²) in [5.41, 5.74) is 4.99. The summed E-state index contributed by atoms with van der Waals surface area (Å²) in [7, 11) is 0. The van der Waals surface area contributed by atoms with Crippen LogP contribution in [-0.2, 0) is 4.79 Å². The number of amides is 1. The van der Waals surface area contributed by atoms with Gasteiger partial charge < -0.3 is 14.5 Å². The standard InChI is InChI=1S/C23H26N4O2/c1-16-12-17(2)14-19(13-16)29-15-22(28)26-8-10-27(11-9-26)23-18(3)24-20-6-4-5-7-21(20)25-23/h4-7,12-14H,8-11,15H2,1-3H3. The summed E-state index contributed by atoms with van der Waals surface area (Å²) in [5.74, 6) is 1.67. The van der Waals surface area contributed by atoms with Crippen LogP contribution >= 0.6 is 0 Å². The number of hydrogen-bond acceptors (Lipinski definition) is 5. The van der Waals surface area contributed by atoms with E-state index >= 15 is 0 Å². The van der Waals surface area contributed by atoms with Crippen LogP contribution in [-0.4, -0.2) is 53.6 Å². The molecule has 1 fully saturated rings. The first-order chi connectivity index (χ1) is 14.0. The third-order valence-electron chi connectivity index (χ3n) is 5.21. The van der Waals surface area contributed by atoms with Crippen LogP contribution in [0.1, 0.15) is 16.8 Å². The van der Waals surface area contributed by atoms with Crippen LogP contribution in [0.4, 0.5) is 5.82 Å². The number of carbonyl (C=O) groups excluding carboxylic acids is 1. The third kappa shape index (κ3) is 4.31. The molecule has 1 aliphatic heterocycles. The van der Waals surface area contributed by atoms with E-state index in [1.54, 1.807) is 0 Å². The lowest BCUT2D eigenvalue weighted by atomic mass is 10.1. The molecule has 0 radical (unpaired) electrons. The van der Waals surface area contributed by atoms with Gasteiger partial charge in [0.05, 0.1) is 16.7 Å². The molecule has 0 atom stereocenters. The smallest absolute Gasteiger partial charge is 0.260 e. The van der Waals surface area contributed by atoms with Crippen molar-refractivity contribution in [3.05, 3.63) is 59.3 Å². The molecule has 150 valence electrons. The molecule has 0 spiro atoms. The average Bonchev–Trinajstić information content (AvgIpc) is 2.71. The summed E-state index contributed by atoms with van der Waals surface area (Å²) in [6.45, 7) is 8.90. The van der Waals surface area contributed by atoms with Crippen molar-refractivity contribution >= 4 is 22.8 Å². The number of hydrogen-bond donors (Lipinski definition) is 0. The first-order valence-electron chi connectivity index (χ1n) is 9.97. The quantitative estimate of drug-likeness (QED) is 0.684. The molecule has 1 amide bonds. The third-order valence-corrected chi connectivity index (χ3v) is 5.21. The van der Waals surface area contributed by atoms with Gasteiger partial charge in [0.2, 0.25) is 0 Å². The van der Waals surface area contributed by atoms with E-state index in [0.717, 1.165) is 52.5 Å². The van der Waals surface area contributed by atoms with Gasteiger partial charge in [-0.3, -0.25) is 4.79 Å². The highest BCUT2D eigenvalue weighted by Crippen LogP contribution is 2.21. The lowest BCUT2D eigenvalue weighted by Crippen LogP contribution is -2.50. The molecule has 0 unspecified atom stereocenters. The summed E-state index contributed by atoms with van der Waals surface area (Å²) in [5, 5.41) is 0. The number of ether oxygens (including phenoxy) is 1. The molecule has 0 saturated carbocycles. The van der Waals surface area contributed by atoms with E-state index in [2.05, 4.69) is 16.0 Å². The molecule has 0 aliphatic carbocycles. The van der Waals surface area contributed by atoms with Crippen LogP contribution in [0.15, 0.2) is 42.5 Å². The van der Waals surface area contributed by atoms with Gasteiger partial charge >= 0.3 is 0 Å². The van der Waals surface area contributed by atoms with Crippen molar-refractivity contribution < 1.29 is 9.53 Å². The summed E-state index contributed by atoms with van der Waals surface area (Å²) in [6.07, 6.45) is 0. The second-order valence-corrected chi connectivity index (χ2v) is 7.60. The molecule has 4 rings (SSSR count). The molecular formula is C23H26N4O2. The number of aryl methyl sites for hydroxylation is 3. The van der Waals surface area contributed by atoms with E-state index in [9.17, 15) is 4.79 Å². The first-order valence-corrected chi connectivity index (χ1v) is 9.97. The van der Waals surface area contributed by atoms with Crippen molar-refractivity contribution in [2.45, 2.75) is 20.8 Å². The van der Waals surface area contributed by atoms with E-state index in [4.69, 9.17) is 9.72 Å². The largest absolute Gasteiger partial charge is 0.484 e. The zero-order valence-electron chi connectivity index (χ0n) is 17.2. The molecule has 29 heavy (non-hydrogen) atoms. The number of benzene rings is 2. The second kappa shape index (κ2) is 8.07. The molecule has 1 saturated heterocycles. The predicted octanol–water partition coefficient (Wildman–Crippen LogP) is 3.28. The molecule has 0 N–H and O–H groups in total. The van der Waals surface area contributed by atoms with Gasteiger partial charge in [0, 0.05) is 26.2 Å². The Morgan fingerprint density at radius 1 is 0.931 bits per heavy atom. The van der Waals surface area contributed by atoms with Gasteiger partial charge in [0.1, 0.15) is 5.75 Å². The van der Waals surface area contributed by atoms with Gasteiger partial charge in [0.25, 0.3) is 5.91 Å². The Morgan fingerprint density at radius 3 is 2.21 bits per heavy atom. The highest BCUT2D eigenvalue weighted by Gasteiger charge is 2.23. The highest BCUT2D eigenvalue weighted by molar-refractivity contribution is 5.78. The molecule has 1 aliphatic rings. The Morgan fingerprint density at radius 2 is 1.55 bits per heavy atom. The van der Waals surface area contributed by atoms with Crippen molar-refractivity contribution in [2.75, 3.05) is 37.7 Å². The lowest BCUT2D eigenvalue weighted by molar-refractivity contribution is -0.133. The molecule has 6 nitrogen and oxygen atoms in total. The number of para-hydroxylation sites is 2. The molecular weight excluding hydrogens is 364 g/mol. The molecule has 3 aromatic rings. The fourth-order valence-electron chi connectivity index (χ4n) is 3.80. The SMILES string of the molecule is Cc1cc(C)cc(OCC(=O)N2CCN(c3nc4ccccc4nc3C)CC2)c1. The zero-order valence-corrected chi connectivity index (χ0v) is 17.2. The van der Waals surface area contributed by atoms with Crippen molar-refractivity contribution in [3.63, 3.8) is 0 Å². The number of nitrogens with zero attached hydrogens (tertiary/aromatic N) is 4. The van der Waals surface area contributed by atoms with Gasteiger partial charge in [-0.15, -0.1) is 0 Å².